The molecule has 1 rings (SSSR count). The molecule has 0 aliphatic heterocycles. The number of aryl methyl sites for hydroxylation is 1. The van der Waals surface area contributed by atoms with Crippen LogP contribution in [0.4, 0.5) is 0 Å². The Hall–Kier alpha value is -1.12. The monoisotopic (exact) mass is 194 g/mol. The van der Waals surface area contributed by atoms with Gasteiger partial charge < -0.3 is 4.79 Å². The third kappa shape index (κ3) is 2.22. The maximum atomic E-state index is 10.5. The summed E-state index contributed by atoms with van der Waals surface area (Å²) in [5.74, 6) is 0.430. The van der Waals surface area contributed by atoms with E-state index in [2.05, 4.69) is 25.9 Å². The van der Waals surface area contributed by atoms with E-state index in [0.717, 1.165) is 24.8 Å². The van der Waals surface area contributed by atoms with Gasteiger partial charge in [-0.25, -0.2) is 0 Å². The van der Waals surface area contributed by atoms with Crippen molar-refractivity contribution in [2.24, 2.45) is 0 Å². The van der Waals surface area contributed by atoms with E-state index in [1.807, 2.05) is 10.9 Å². The Morgan fingerprint density at radius 1 is 1.57 bits per heavy atom. The summed E-state index contributed by atoms with van der Waals surface area (Å²) in [5, 5.41) is 4.30. The van der Waals surface area contributed by atoms with Crippen molar-refractivity contribution in [3.63, 3.8) is 0 Å². The lowest BCUT2D eigenvalue weighted by Crippen LogP contribution is -2.07. The average Bonchev–Trinajstić information content (AvgIpc) is 2.49. The molecule has 1 aromatic heterocycles. The summed E-state index contributed by atoms with van der Waals surface area (Å²) in [7, 11) is 0. The molecule has 1 heterocycles. The van der Waals surface area contributed by atoms with Gasteiger partial charge in [0.05, 0.1) is 6.20 Å². The molecule has 0 aliphatic carbocycles. The highest BCUT2D eigenvalue weighted by molar-refractivity contribution is 5.55. The zero-order valence-corrected chi connectivity index (χ0v) is 9.16. The first-order valence-electron chi connectivity index (χ1n) is 5.18. The van der Waals surface area contributed by atoms with Gasteiger partial charge in [0.2, 0.25) is 0 Å². The summed E-state index contributed by atoms with van der Waals surface area (Å²) < 4.78 is 2.02. The first-order chi connectivity index (χ1) is 6.70. The molecule has 0 bridgehead atoms. The standard InChI is InChI=1S/C11H18N2O/c1-4-6-13-11(9(2)3)10(5-7-14)8-12-13/h7-9H,4-6H2,1-3H3. The quantitative estimate of drug-likeness (QED) is 0.673. The maximum absolute atomic E-state index is 10.5. The Balaban J connectivity index is 3.00. The highest BCUT2D eigenvalue weighted by Crippen LogP contribution is 2.19. The van der Waals surface area contributed by atoms with Crippen molar-refractivity contribution in [2.75, 3.05) is 0 Å². The first kappa shape index (κ1) is 11.0. The summed E-state index contributed by atoms with van der Waals surface area (Å²) in [4.78, 5) is 10.5. The van der Waals surface area contributed by atoms with Crippen LogP contribution in [0.15, 0.2) is 6.20 Å². The third-order valence-corrected chi connectivity index (χ3v) is 2.25. The van der Waals surface area contributed by atoms with Crippen LogP contribution in [0.1, 0.15) is 44.4 Å². The minimum Gasteiger partial charge on any atom is -0.303 e. The van der Waals surface area contributed by atoms with E-state index in [-0.39, 0.29) is 0 Å². The molecule has 0 aromatic carbocycles. The highest BCUT2D eigenvalue weighted by Gasteiger charge is 2.12. The zero-order valence-electron chi connectivity index (χ0n) is 9.16. The fourth-order valence-electron chi connectivity index (χ4n) is 1.74. The highest BCUT2D eigenvalue weighted by atomic mass is 16.1. The van der Waals surface area contributed by atoms with Gasteiger partial charge in [-0.1, -0.05) is 20.8 Å². The van der Waals surface area contributed by atoms with Crippen LogP contribution in [0, 0.1) is 0 Å². The second-order valence-corrected chi connectivity index (χ2v) is 3.80. The SMILES string of the molecule is CCCn1ncc(CC=O)c1C(C)C. The van der Waals surface area contributed by atoms with Crippen LogP contribution < -0.4 is 0 Å². The Morgan fingerprint density at radius 3 is 2.79 bits per heavy atom. The number of nitrogens with zero attached hydrogens (tertiary/aromatic N) is 2. The molecule has 0 saturated carbocycles. The van der Waals surface area contributed by atoms with Crippen LogP contribution in [0.5, 0.6) is 0 Å². The molecule has 0 radical (unpaired) electrons. The number of rotatable bonds is 5. The Bertz CT molecular complexity index is 302. The Kier molecular flexibility index (Phi) is 3.86. The molecule has 14 heavy (non-hydrogen) atoms. The van der Waals surface area contributed by atoms with E-state index < -0.39 is 0 Å². The normalized spacial score (nSPS) is 10.9. The minimum absolute atomic E-state index is 0.430. The van der Waals surface area contributed by atoms with Gasteiger partial charge >= 0.3 is 0 Å². The van der Waals surface area contributed by atoms with Gasteiger partial charge in [0.15, 0.2) is 0 Å². The largest absolute Gasteiger partial charge is 0.303 e. The molecule has 0 atom stereocenters. The predicted molar refractivity (Wildman–Crippen MR) is 56.4 cm³/mol. The summed E-state index contributed by atoms with van der Waals surface area (Å²) in [6.07, 6.45) is 4.32. The molecule has 0 unspecified atom stereocenters. The lowest BCUT2D eigenvalue weighted by molar-refractivity contribution is -0.107. The fourth-order valence-corrected chi connectivity index (χ4v) is 1.74. The van der Waals surface area contributed by atoms with Crippen molar-refractivity contribution in [1.29, 1.82) is 0 Å². The van der Waals surface area contributed by atoms with E-state index in [0.29, 0.717) is 12.3 Å². The third-order valence-electron chi connectivity index (χ3n) is 2.25. The predicted octanol–water partition coefficient (Wildman–Crippen LogP) is 2.16. The minimum atomic E-state index is 0.430. The number of carbonyl (C=O) groups excluding carboxylic acids is 1. The summed E-state index contributed by atoms with van der Waals surface area (Å²) in [5.41, 5.74) is 2.28. The second kappa shape index (κ2) is 4.94. The molecule has 0 aliphatic rings. The van der Waals surface area contributed by atoms with Gasteiger partial charge in [0.1, 0.15) is 6.29 Å². The van der Waals surface area contributed by atoms with Crippen LogP contribution in [0.2, 0.25) is 0 Å². The van der Waals surface area contributed by atoms with Gasteiger partial charge in [0.25, 0.3) is 0 Å². The lowest BCUT2D eigenvalue weighted by atomic mass is 10.0. The van der Waals surface area contributed by atoms with E-state index >= 15 is 0 Å². The van der Waals surface area contributed by atoms with Gasteiger partial charge in [-0.2, -0.15) is 5.10 Å². The van der Waals surface area contributed by atoms with Crippen molar-refractivity contribution < 1.29 is 4.79 Å². The molecule has 1 aromatic rings. The van der Waals surface area contributed by atoms with Crippen LogP contribution in [-0.4, -0.2) is 16.1 Å². The molecular weight excluding hydrogens is 176 g/mol. The van der Waals surface area contributed by atoms with Crippen molar-refractivity contribution in [2.45, 2.75) is 46.1 Å². The van der Waals surface area contributed by atoms with Crippen molar-refractivity contribution in [3.05, 3.63) is 17.5 Å². The van der Waals surface area contributed by atoms with Gasteiger partial charge in [0, 0.05) is 24.2 Å². The average molecular weight is 194 g/mol. The summed E-state index contributed by atoms with van der Waals surface area (Å²) >= 11 is 0. The van der Waals surface area contributed by atoms with Crippen molar-refractivity contribution >= 4 is 6.29 Å². The van der Waals surface area contributed by atoms with Gasteiger partial charge in [-0.15, -0.1) is 0 Å². The lowest BCUT2D eigenvalue weighted by Gasteiger charge is -2.10. The number of hydrogen-bond donors (Lipinski definition) is 0. The Morgan fingerprint density at radius 2 is 2.29 bits per heavy atom. The zero-order chi connectivity index (χ0) is 10.6. The van der Waals surface area contributed by atoms with Crippen LogP contribution >= 0.6 is 0 Å². The Labute approximate surface area is 85.1 Å². The molecule has 0 fully saturated rings. The number of aldehydes is 1. The van der Waals surface area contributed by atoms with Crippen molar-refractivity contribution in [3.8, 4) is 0 Å². The van der Waals surface area contributed by atoms with E-state index in [1.54, 1.807) is 0 Å². The van der Waals surface area contributed by atoms with E-state index in [1.165, 1.54) is 5.69 Å². The van der Waals surface area contributed by atoms with Crippen LogP contribution in [-0.2, 0) is 17.8 Å². The first-order valence-corrected chi connectivity index (χ1v) is 5.18. The molecule has 3 nitrogen and oxygen atoms in total. The van der Waals surface area contributed by atoms with Gasteiger partial charge in [-0.05, 0) is 12.3 Å². The molecule has 78 valence electrons. The molecule has 0 N–H and O–H groups in total. The molecule has 3 heteroatoms. The maximum Gasteiger partial charge on any atom is 0.124 e. The number of hydrogen-bond acceptors (Lipinski definition) is 2. The van der Waals surface area contributed by atoms with Crippen molar-refractivity contribution in [1.82, 2.24) is 9.78 Å². The molecule has 0 amide bonds. The van der Waals surface area contributed by atoms with Crippen LogP contribution in [0.25, 0.3) is 0 Å². The van der Waals surface area contributed by atoms with Gasteiger partial charge in [-0.3, -0.25) is 4.68 Å². The molecule has 0 saturated heterocycles. The number of carbonyl (C=O) groups is 1. The van der Waals surface area contributed by atoms with Crippen LogP contribution in [0.3, 0.4) is 0 Å². The fraction of sp³-hybridized carbons (Fsp3) is 0.636. The second-order valence-electron chi connectivity index (χ2n) is 3.80. The number of aromatic nitrogens is 2. The smallest absolute Gasteiger partial charge is 0.124 e. The topological polar surface area (TPSA) is 34.9 Å². The molecule has 0 spiro atoms. The van der Waals surface area contributed by atoms with E-state index in [9.17, 15) is 4.79 Å². The van der Waals surface area contributed by atoms with E-state index in [4.69, 9.17) is 0 Å². The summed E-state index contributed by atoms with van der Waals surface area (Å²) in [6, 6.07) is 0. The molecular formula is C11H18N2O. The summed E-state index contributed by atoms with van der Waals surface area (Å²) in [6.45, 7) is 7.34.